The molecule has 0 saturated carbocycles. The van der Waals surface area contributed by atoms with E-state index in [0.717, 1.165) is 12.0 Å². The highest BCUT2D eigenvalue weighted by Crippen LogP contribution is 2.14. The lowest BCUT2D eigenvalue weighted by Crippen LogP contribution is -2.05. The Morgan fingerprint density at radius 3 is 2.62 bits per heavy atom. The Labute approximate surface area is 96.9 Å². The van der Waals surface area contributed by atoms with E-state index in [1.165, 1.54) is 5.56 Å². The number of carbonyl (C=O) groups is 1. The highest BCUT2D eigenvalue weighted by atomic mass is 16.5. The van der Waals surface area contributed by atoms with Crippen molar-refractivity contribution in [3.05, 3.63) is 41.0 Å². The summed E-state index contributed by atoms with van der Waals surface area (Å²) in [5, 5.41) is 0. The van der Waals surface area contributed by atoms with Crippen LogP contribution in [0.1, 0.15) is 31.9 Å². The second kappa shape index (κ2) is 6.11. The van der Waals surface area contributed by atoms with Gasteiger partial charge in [-0.2, -0.15) is 0 Å². The van der Waals surface area contributed by atoms with Gasteiger partial charge in [0.2, 0.25) is 0 Å². The van der Waals surface area contributed by atoms with E-state index >= 15 is 0 Å². The molecule has 1 aromatic carbocycles. The fourth-order valence-electron chi connectivity index (χ4n) is 1.53. The van der Waals surface area contributed by atoms with E-state index in [0.29, 0.717) is 12.2 Å². The third-order valence-corrected chi connectivity index (χ3v) is 2.41. The molecule has 0 fully saturated rings. The number of rotatable bonds is 4. The molecule has 0 aliphatic heterocycles. The summed E-state index contributed by atoms with van der Waals surface area (Å²) < 4.78 is 4.94. The number of aryl methyl sites for hydroxylation is 1. The van der Waals surface area contributed by atoms with Crippen molar-refractivity contribution in [2.45, 2.75) is 27.2 Å². The lowest BCUT2D eigenvalue weighted by Gasteiger charge is -2.05. The monoisotopic (exact) mass is 218 g/mol. The van der Waals surface area contributed by atoms with Gasteiger partial charge in [0.25, 0.3) is 0 Å². The van der Waals surface area contributed by atoms with Gasteiger partial charge in [0, 0.05) is 5.57 Å². The average Bonchev–Trinajstić information content (AvgIpc) is 2.30. The maximum atomic E-state index is 11.5. The van der Waals surface area contributed by atoms with Crippen molar-refractivity contribution in [1.82, 2.24) is 0 Å². The van der Waals surface area contributed by atoms with Gasteiger partial charge in [-0.15, -0.1) is 0 Å². The van der Waals surface area contributed by atoms with Crippen LogP contribution in [0, 0.1) is 0 Å². The molecule has 0 aliphatic rings. The van der Waals surface area contributed by atoms with Crippen LogP contribution in [0.4, 0.5) is 0 Å². The first-order chi connectivity index (χ1) is 7.69. The van der Waals surface area contributed by atoms with Crippen molar-refractivity contribution in [2.75, 3.05) is 6.61 Å². The molecule has 0 aliphatic carbocycles. The molecule has 0 amide bonds. The number of esters is 1. The fourth-order valence-corrected chi connectivity index (χ4v) is 1.53. The lowest BCUT2D eigenvalue weighted by molar-refractivity contribution is -0.138. The number of carbonyl (C=O) groups excluding carboxylic acids is 1. The number of benzene rings is 1. The zero-order valence-electron chi connectivity index (χ0n) is 10.1. The average molecular weight is 218 g/mol. The van der Waals surface area contributed by atoms with E-state index < -0.39 is 0 Å². The molecule has 0 heterocycles. The Morgan fingerprint density at radius 1 is 1.31 bits per heavy atom. The van der Waals surface area contributed by atoms with Gasteiger partial charge in [-0.25, -0.2) is 4.79 Å². The van der Waals surface area contributed by atoms with Crippen molar-refractivity contribution in [3.63, 3.8) is 0 Å². The minimum absolute atomic E-state index is 0.242. The lowest BCUT2D eigenvalue weighted by atomic mass is 10.0. The van der Waals surface area contributed by atoms with Crippen LogP contribution in [-0.4, -0.2) is 12.6 Å². The molecule has 86 valence electrons. The van der Waals surface area contributed by atoms with E-state index in [1.54, 1.807) is 6.92 Å². The summed E-state index contributed by atoms with van der Waals surface area (Å²) in [6.07, 6.45) is 2.85. The molecule has 1 rings (SSSR count). The molecule has 0 spiro atoms. The van der Waals surface area contributed by atoms with Crippen LogP contribution in [0.3, 0.4) is 0 Å². The summed E-state index contributed by atoms with van der Waals surface area (Å²) in [5.41, 5.74) is 2.98. The van der Waals surface area contributed by atoms with Crippen LogP contribution < -0.4 is 0 Å². The van der Waals surface area contributed by atoms with Crippen molar-refractivity contribution in [1.29, 1.82) is 0 Å². The molecule has 0 radical (unpaired) electrons. The Balaban J connectivity index is 2.93. The van der Waals surface area contributed by atoms with Gasteiger partial charge >= 0.3 is 5.97 Å². The Bertz CT molecular complexity index is 391. The number of ether oxygens (including phenoxy) is 1. The maximum Gasteiger partial charge on any atom is 0.333 e. The number of hydrogen-bond donors (Lipinski definition) is 0. The van der Waals surface area contributed by atoms with Crippen LogP contribution in [0.5, 0.6) is 0 Å². The molecule has 0 N–H and O–H groups in total. The standard InChI is InChI=1S/C14H18O2/c1-4-12-8-6-7-9-13(12)10-11(3)14(15)16-5-2/h6-10H,4-5H2,1-3H3/b11-10+. The molecule has 0 aromatic heterocycles. The van der Waals surface area contributed by atoms with Crippen molar-refractivity contribution in [3.8, 4) is 0 Å². The van der Waals surface area contributed by atoms with Crippen LogP contribution in [0.2, 0.25) is 0 Å². The Hall–Kier alpha value is -1.57. The van der Waals surface area contributed by atoms with Gasteiger partial charge in [-0.3, -0.25) is 0 Å². The molecule has 1 aromatic rings. The second-order valence-corrected chi connectivity index (χ2v) is 3.60. The first-order valence-electron chi connectivity index (χ1n) is 5.62. The quantitative estimate of drug-likeness (QED) is 0.573. The number of hydrogen-bond acceptors (Lipinski definition) is 2. The molecule has 0 saturated heterocycles. The topological polar surface area (TPSA) is 26.3 Å². The van der Waals surface area contributed by atoms with E-state index in [1.807, 2.05) is 31.2 Å². The second-order valence-electron chi connectivity index (χ2n) is 3.60. The summed E-state index contributed by atoms with van der Waals surface area (Å²) in [6, 6.07) is 8.07. The highest BCUT2D eigenvalue weighted by Gasteiger charge is 2.05. The van der Waals surface area contributed by atoms with E-state index in [4.69, 9.17) is 4.74 Å². The summed E-state index contributed by atoms with van der Waals surface area (Å²) in [5.74, 6) is -0.242. The van der Waals surface area contributed by atoms with Gasteiger partial charge in [0.15, 0.2) is 0 Å². The largest absolute Gasteiger partial charge is 0.463 e. The predicted octanol–water partition coefficient (Wildman–Crippen LogP) is 3.22. The Morgan fingerprint density at radius 2 is 2.00 bits per heavy atom. The van der Waals surface area contributed by atoms with E-state index in [-0.39, 0.29) is 5.97 Å². The SMILES string of the molecule is CCOC(=O)/C(C)=C/c1ccccc1CC. The zero-order chi connectivity index (χ0) is 12.0. The van der Waals surface area contributed by atoms with Gasteiger partial charge < -0.3 is 4.74 Å². The normalized spacial score (nSPS) is 11.3. The molecule has 0 atom stereocenters. The van der Waals surface area contributed by atoms with Crippen LogP contribution >= 0.6 is 0 Å². The molecule has 0 unspecified atom stereocenters. The smallest absolute Gasteiger partial charge is 0.333 e. The molecular weight excluding hydrogens is 200 g/mol. The summed E-state index contributed by atoms with van der Waals surface area (Å²) >= 11 is 0. The van der Waals surface area contributed by atoms with Gasteiger partial charge in [0.1, 0.15) is 0 Å². The summed E-state index contributed by atoms with van der Waals surface area (Å²) in [7, 11) is 0. The minimum Gasteiger partial charge on any atom is -0.463 e. The van der Waals surface area contributed by atoms with Gasteiger partial charge in [0.05, 0.1) is 6.61 Å². The molecule has 16 heavy (non-hydrogen) atoms. The zero-order valence-corrected chi connectivity index (χ0v) is 10.1. The third kappa shape index (κ3) is 3.23. The fraction of sp³-hybridized carbons (Fsp3) is 0.357. The first-order valence-corrected chi connectivity index (χ1v) is 5.62. The first kappa shape index (κ1) is 12.5. The molecular formula is C14H18O2. The third-order valence-electron chi connectivity index (χ3n) is 2.41. The summed E-state index contributed by atoms with van der Waals surface area (Å²) in [4.78, 5) is 11.5. The van der Waals surface area contributed by atoms with Crippen LogP contribution in [0.25, 0.3) is 6.08 Å². The van der Waals surface area contributed by atoms with Gasteiger partial charge in [-0.05, 0) is 37.5 Å². The predicted molar refractivity (Wildman–Crippen MR) is 66.1 cm³/mol. The van der Waals surface area contributed by atoms with E-state index in [9.17, 15) is 4.79 Å². The minimum atomic E-state index is -0.242. The highest BCUT2D eigenvalue weighted by molar-refractivity contribution is 5.93. The molecule has 2 heteroatoms. The van der Waals surface area contributed by atoms with E-state index in [2.05, 4.69) is 13.0 Å². The van der Waals surface area contributed by atoms with Crippen molar-refractivity contribution >= 4 is 12.0 Å². The molecule has 2 nitrogen and oxygen atoms in total. The van der Waals surface area contributed by atoms with Crippen molar-refractivity contribution in [2.24, 2.45) is 0 Å². The Kier molecular flexibility index (Phi) is 4.77. The molecule has 0 bridgehead atoms. The van der Waals surface area contributed by atoms with Crippen LogP contribution in [0.15, 0.2) is 29.8 Å². The van der Waals surface area contributed by atoms with Crippen molar-refractivity contribution < 1.29 is 9.53 Å². The van der Waals surface area contributed by atoms with Gasteiger partial charge in [-0.1, -0.05) is 31.2 Å². The summed E-state index contributed by atoms with van der Waals surface area (Å²) in [6.45, 7) is 6.11. The van der Waals surface area contributed by atoms with Crippen LogP contribution in [-0.2, 0) is 16.0 Å². The maximum absolute atomic E-state index is 11.5.